The first-order valence-corrected chi connectivity index (χ1v) is 6.90. The van der Waals surface area contributed by atoms with E-state index in [1.807, 2.05) is 0 Å². The van der Waals surface area contributed by atoms with Gasteiger partial charge in [0.05, 0.1) is 0 Å². The van der Waals surface area contributed by atoms with Gasteiger partial charge >= 0.3 is 5.97 Å². The predicted octanol–water partition coefficient (Wildman–Crippen LogP) is 3.07. The predicted molar refractivity (Wildman–Crippen MR) is 81.0 cm³/mol. The molecule has 21 heavy (non-hydrogen) atoms. The summed E-state index contributed by atoms with van der Waals surface area (Å²) in [4.78, 5) is 29.6. The number of aliphatic carboxylic acids is 1. The maximum absolute atomic E-state index is 12.1. The highest BCUT2D eigenvalue weighted by Crippen LogP contribution is 2.24. The Balaban J connectivity index is 2.44. The van der Waals surface area contributed by atoms with E-state index in [0.29, 0.717) is 32.7 Å². The first kappa shape index (κ1) is 15.5. The number of nitrogens with zero attached hydrogens (tertiary/aromatic N) is 1. The second-order valence-electron chi connectivity index (χ2n) is 4.53. The minimum atomic E-state index is -0.959. The van der Waals surface area contributed by atoms with Crippen LogP contribution in [-0.2, 0) is 11.2 Å². The lowest BCUT2D eigenvalue weighted by Crippen LogP contribution is -2.18. The number of hydrogen-bond acceptors (Lipinski definition) is 3. The summed E-state index contributed by atoms with van der Waals surface area (Å²) in [5.74, 6) is -0.611. The van der Waals surface area contributed by atoms with Gasteiger partial charge in [-0.3, -0.25) is 9.59 Å². The molecule has 1 heterocycles. The van der Waals surface area contributed by atoms with Crippen molar-refractivity contribution in [2.45, 2.75) is 19.8 Å². The highest BCUT2D eigenvalue weighted by atomic mass is 35.5. The summed E-state index contributed by atoms with van der Waals surface area (Å²) in [6.45, 7) is 1.67. The minimum absolute atomic E-state index is 0.117. The van der Waals surface area contributed by atoms with Crippen molar-refractivity contribution in [1.29, 1.82) is 0 Å². The molecule has 7 heteroatoms. The molecule has 0 aliphatic heterocycles. The molecule has 0 unspecified atom stereocenters. The number of H-pyrrole nitrogens is 1. The molecule has 0 aliphatic carbocycles. The first-order valence-electron chi connectivity index (χ1n) is 6.15. The molecular weight excluding hydrogens is 315 g/mol. The SMILES string of the molecule is Cc1nc(-c2cc(Cl)cc(Cl)c2)[nH]c(=O)c1CCC(=O)O. The third kappa shape index (κ3) is 3.83. The number of aromatic nitrogens is 2. The van der Waals surface area contributed by atoms with Crippen LogP contribution in [0.2, 0.25) is 10.0 Å². The van der Waals surface area contributed by atoms with Crippen LogP contribution in [0.25, 0.3) is 11.4 Å². The van der Waals surface area contributed by atoms with E-state index in [-0.39, 0.29) is 18.4 Å². The van der Waals surface area contributed by atoms with Crippen LogP contribution in [0.5, 0.6) is 0 Å². The molecule has 0 saturated carbocycles. The minimum Gasteiger partial charge on any atom is -0.481 e. The highest BCUT2D eigenvalue weighted by Gasteiger charge is 2.12. The van der Waals surface area contributed by atoms with E-state index in [1.165, 1.54) is 0 Å². The van der Waals surface area contributed by atoms with Crippen LogP contribution in [0.1, 0.15) is 17.7 Å². The molecule has 0 amide bonds. The second kappa shape index (κ2) is 6.28. The smallest absolute Gasteiger partial charge is 0.303 e. The maximum atomic E-state index is 12.1. The summed E-state index contributed by atoms with van der Waals surface area (Å²) in [6, 6.07) is 4.86. The van der Waals surface area contributed by atoms with Crippen LogP contribution in [0.3, 0.4) is 0 Å². The first-order chi connectivity index (χ1) is 9.86. The number of hydrogen-bond donors (Lipinski definition) is 2. The fraction of sp³-hybridized carbons (Fsp3) is 0.214. The third-order valence-electron chi connectivity index (χ3n) is 2.95. The number of carboxylic acid groups (broad SMARTS) is 1. The molecule has 0 bridgehead atoms. The van der Waals surface area contributed by atoms with Gasteiger partial charge < -0.3 is 10.1 Å². The number of nitrogens with one attached hydrogen (secondary N) is 1. The number of benzene rings is 1. The monoisotopic (exact) mass is 326 g/mol. The van der Waals surface area contributed by atoms with E-state index in [0.717, 1.165) is 0 Å². The normalized spacial score (nSPS) is 10.6. The Morgan fingerprint density at radius 3 is 2.43 bits per heavy atom. The van der Waals surface area contributed by atoms with Crippen molar-refractivity contribution in [3.63, 3.8) is 0 Å². The Morgan fingerprint density at radius 2 is 1.90 bits per heavy atom. The number of carbonyl (C=O) groups is 1. The van der Waals surface area contributed by atoms with E-state index in [2.05, 4.69) is 9.97 Å². The lowest BCUT2D eigenvalue weighted by atomic mass is 10.1. The number of aromatic amines is 1. The highest BCUT2D eigenvalue weighted by molar-refractivity contribution is 6.35. The number of halogens is 2. The fourth-order valence-corrected chi connectivity index (χ4v) is 2.49. The van der Waals surface area contributed by atoms with Gasteiger partial charge in [-0.2, -0.15) is 0 Å². The molecule has 0 spiro atoms. The van der Waals surface area contributed by atoms with E-state index in [1.54, 1.807) is 25.1 Å². The molecule has 1 aromatic heterocycles. The molecule has 2 aromatic rings. The van der Waals surface area contributed by atoms with Crippen LogP contribution in [0.15, 0.2) is 23.0 Å². The summed E-state index contributed by atoms with van der Waals surface area (Å²) in [6.07, 6.45) is 0.0218. The summed E-state index contributed by atoms with van der Waals surface area (Å²) < 4.78 is 0. The average molecular weight is 327 g/mol. The Labute approximate surface area is 130 Å². The zero-order chi connectivity index (χ0) is 15.6. The molecule has 0 fully saturated rings. The summed E-state index contributed by atoms with van der Waals surface area (Å²) >= 11 is 11.9. The number of aryl methyl sites for hydroxylation is 1. The quantitative estimate of drug-likeness (QED) is 0.904. The Hall–Kier alpha value is -1.85. The van der Waals surface area contributed by atoms with Crippen LogP contribution in [-0.4, -0.2) is 21.0 Å². The van der Waals surface area contributed by atoms with Gasteiger partial charge in [-0.05, 0) is 31.5 Å². The average Bonchev–Trinajstić information content (AvgIpc) is 2.36. The summed E-state index contributed by atoms with van der Waals surface area (Å²) in [5.41, 5.74) is 1.10. The number of rotatable bonds is 4. The van der Waals surface area contributed by atoms with Gasteiger partial charge in [0.1, 0.15) is 5.82 Å². The van der Waals surface area contributed by atoms with Crippen molar-refractivity contribution in [3.05, 3.63) is 49.9 Å². The van der Waals surface area contributed by atoms with Gasteiger partial charge in [0.2, 0.25) is 0 Å². The molecule has 0 atom stereocenters. The van der Waals surface area contributed by atoms with E-state index < -0.39 is 5.97 Å². The van der Waals surface area contributed by atoms with Gasteiger partial charge in [0.15, 0.2) is 0 Å². The Bertz CT molecular complexity index is 736. The van der Waals surface area contributed by atoms with Crippen molar-refractivity contribution < 1.29 is 9.90 Å². The molecular formula is C14H12Cl2N2O3. The molecule has 110 valence electrons. The van der Waals surface area contributed by atoms with Crippen molar-refractivity contribution in [3.8, 4) is 11.4 Å². The lowest BCUT2D eigenvalue weighted by molar-refractivity contribution is -0.136. The summed E-state index contributed by atoms with van der Waals surface area (Å²) in [7, 11) is 0. The fourth-order valence-electron chi connectivity index (χ4n) is 1.96. The zero-order valence-electron chi connectivity index (χ0n) is 11.1. The molecule has 5 nitrogen and oxygen atoms in total. The van der Waals surface area contributed by atoms with Gasteiger partial charge in [-0.15, -0.1) is 0 Å². The van der Waals surface area contributed by atoms with Crippen molar-refractivity contribution >= 4 is 29.2 Å². The molecule has 0 aliphatic rings. The number of carboxylic acids is 1. The Morgan fingerprint density at radius 1 is 1.29 bits per heavy atom. The van der Waals surface area contributed by atoms with E-state index in [9.17, 15) is 9.59 Å². The Kier molecular flexibility index (Phi) is 4.65. The van der Waals surface area contributed by atoms with Crippen molar-refractivity contribution in [2.75, 3.05) is 0 Å². The summed E-state index contributed by atoms with van der Waals surface area (Å²) in [5, 5.41) is 9.56. The molecule has 1 aromatic carbocycles. The third-order valence-corrected chi connectivity index (χ3v) is 3.38. The maximum Gasteiger partial charge on any atom is 0.303 e. The van der Waals surface area contributed by atoms with Gasteiger partial charge in [0, 0.05) is 33.3 Å². The van der Waals surface area contributed by atoms with Gasteiger partial charge in [-0.25, -0.2) is 4.98 Å². The van der Waals surface area contributed by atoms with E-state index >= 15 is 0 Å². The standard InChI is InChI=1S/C14H12Cl2N2O3/c1-7-11(2-3-12(19)20)14(21)18-13(17-7)8-4-9(15)6-10(16)5-8/h4-6H,2-3H2,1H3,(H,19,20)(H,17,18,21). The molecule has 2 N–H and O–H groups in total. The molecule has 0 radical (unpaired) electrons. The topological polar surface area (TPSA) is 83.0 Å². The van der Waals surface area contributed by atoms with Crippen LogP contribution < -0.4 is 5.56 Å². The molecule has 0 saturated heterocycles. The van der Waals surface area contributed by atoms with Crippen molar-refractivity contribution in [1.82, 2.24) is 9.97 Å². The van der Waals surface area contributed by atoms with Crippen LogP contribution in [0.4, 0.5) is 0 Å². The second-order valence-corrected chi connectivity index (χ2v) is 5.40. The lowest BCUT2D eigenvalue weighted by Gasteiger charge is -2.07. The van der Waals surface area contributed by atoms with E-state index in [4.69, 9.17) is 28.3 Å². The van der Waals surface area contributed by atoms with Crippen molar-refractivity contribution in [2.24, 2.45) is 0 Å². The van der Waals surface area contributed by atoms with Gasteiger partial charge in [-0.1, -0.05) is 23.2 Å². The zero-order valence-corrected chi connectivity index (χ0v) is 12.6. The largest absolute Gasteiger partial charge is 0.481 e. The van der Waals surface area contributed by atoms with Crippen LogP contribution in [0, 0.1) is 6.92 Å². The molecule has 2 rings (SSSR count). The van der Waals surface area contributed by atoms with Crippen LogP contribution >= 0.6 is 23.2 Å². The van der Waals surface area contributed by atoms with Gasteiger partial charge in [0.25, 0.3) is 5.56 Å².